The van der Waals surface area contributed by atoms with Crippen molar-refractivity contribution in [2.75, 3.05) is 0 Å². The molecule has 1 nitrogen and oxygen atoms in total. The lowest BCUT2D eigenvalue weighted by molar-refractivity contribution is 1.17. The molecule has 5 aromatic carbocycles. The molecule has 0 unspecified atom stereocenters. The lowest BCUT2D eigenvalue weighted by Crippen LogP contribution is -2.00. The van der Waals surface area contributed by atoms with Gasteiger partial charge in [0.15, 0.2) is 0 Å². The van der Waals surface area contributed by atoms with Gasteiger partial charge in [-0.05, 0) is 121 Å². The van der Waals surface area contributed by atoms with Crippen LogP contribution in [-0.2, 0) is 6.42 Å². The highest BCUT2D eigenvalue weighted by Crippen LogP contribution is 2.44. The molecule has 0 fully saturated rings. The summed E-state index contributed by atoms with van der Waals surface area (Å²) in [6, 6.07) is 31.7. The molecule has 0 spiro atoms. The van der Waals surface area contributed by atoms with Crippen LogP contribution in [0.15, 0.2) is 84.9 Å². The summed E-state index contributed by atoms with van der Waals surface area (Å²) in [5.74, 6) is 0. The van der Waals surface area contributed by atoms with E-state index in [0.717, 1.165) is 6.42 Å². The Bertz CT molecular complexity index is 1870. The molecule has 0 atom stereocenters. The largest absolute Gasteiger partial charge is 0.309 e. The molecule has 37 heavy (non-hydrogen) atoms. The van der Waals surface area contributed by atoms with Crippen molar-refractivity contribution in [3.63, 3.8) is 0 Å². The van der Waals surface area contributed by atoms with Gasteiger partial charge in [0.2, 0.25) is 0 Å². The third-order valence-corrected chi connectivity index (χ3v) is 9.00. The van der Waals surface area contributed by atoms with Crippen LogP contribution in [0.4, 0.5) is 0 Å². The lowest BCUT2D eigenvalue weighted by atomic mass is 9.86. The molecule has 1 heteroatoms. The van der Waals surface area contributed by atoms with Gasteiger partial charge in [0.25, 0.3) is 0 Å². The van der Waals surface area contributed by atoms with Gasteiger partial charge in [-0.3, -0.25) is 0 Å². The van der Waals surface area contributed by atoms with E-state index in [4.69, 9.17) is 0 Å². The summed E-state index contributed by atoms with van der Waals surface area (Å²) in [5.41, 5.74) is 19.1. The van der Waals surface area contributed by atoms with E-state index in [2.05, 4.69) is 124 Å². The van der Waals surface area contributed by atoms with Crippen LogP contribution in [0, 0.1) is 34.6 Å². The molecule has 1 aliphatic rings. The first-order valence-corrected chi connectivity index (χ1v) is 13.3. The molecule has 0 aliphatic heterocycles. The highest BCUT2D eigenvalue weighted by Gasteiger charge is 2.24. The number of aromatic nitrogens is 1. The van der Waals surface area contributed by atoms with Crippen LogP contribution in [0.25, 0.3) is 49.7 Å². The highest BCUT2D eigenvalue weighted by atomic mass is 15.0. The van der Waals surface area contributed by atoms with E-state index in [-0.39, 0.29) is 0 Å². The van der Waals surface area contributed by atoms with Crippen molar-refractivity contribution in [1.82, 2.24) is 4.57 Å². The Labute approximate surface area is 219 Å². The predicted molar refractivity (Wildman–Crippen MR) is 158 cm³/mol. The smallest absolute Gasteiger partial charge is 0.0543 e. The zero-order chi connectivity index (χ0) is 25.4. The molecule has 0 radical (unpaired) electrons. The van der Waals surface area contributed by atoms with Crippen LogP contribution in [0.5, 0.6) is 0 Å². The molecule has 0 bridgehead atoms. The number of nitrogens with zero attached hydrogens (tertiary/aromatic N) is 1. The van der Waals surface area contributed by atoms with E-state index in [1.807, 2.05) is 0 Å². The van der Waals surface area contributed by atoms with Gasteiger partial charge in [0.1, 0.15) is 0 Å². The van der Waals surface area contributed by atoms with Crippen LogP contribution >= 0.6 is 0 Å². The molecule has 1 aliphatic carbocycles. The standard InChI is InChI=1S/C36H31N/c1-21-22(2)24(4)35(25(5)23(21)3)28-17-18-33-31(20-28)30-14-8-9-15-32(30)37(33)34-16-10-12-27-19-26-11-6-7-13-29(26)36(27)34/h6-18,20H,19H2,1-5H3. The molecule has 1 aromatic heterocycles. The van der Waals surface area contributed by atoms with Gasteiger partial charge < -0.3 is 4.57 Å². The fourth-order valence-electron chi connectivity index (χ4n) is 6.68. The molecule has 0 saturated carbocycles. The Morgan fingerprint density at radius 3 is 1.97 bits per heavy atom. The Hall–Kier alpha value is -4.10. The first-order chi connectivity index (χ1) is 18.0. The van der Waals surface area contributed by atoms with Gasteiger partial charge in [0, 0.05) is 16.3 Å². The Balaban J connectivity index is 1.54. The second-order valence-corrected chi connectivity index (χ2v) is 10.7. The van der Waals surface area contributed by atoms with E-state index in [1.165, 1.54) is 88.7 Å². The zero-order valence-electron chi connectivity index (χ0n) is 22.2. The van der Waals surface area contributed by atoms with E-state index in [1.54, 1.807) is 0 Å². The summed E-state index contributed by atoms with van der Waals surface area (Å²) in [6.07, 6.45) is 1.01. The first kappa shape index (κ1) is 22.1. The van der Waals surface area contributed by atoms with Gasteiger partial charge in [-0.15, -0.1) is 0 Å². The SMILES string of the molecule is Cc1c(C)c(C)c(-c2ccc3c(c2)c2ccccc2n3-c2cccc3c2-c2ccccc2C3)c(C)c1C. The molecule has 0 saturated heterocycles. The minimum atomic E-state index is 1.01. The molecule has 0 amide bonds. The van der Waals surface area contributed by atoms with Crippen molar-refractivity contribution in [1.29, 1.82) is 0 Å². The number of rotatable bonds is 2. The molecular weight excluding hydrogens is 446 g/mol. The zero-order valence-corrected chi connectivity index (χ0v) is 22.2. The van der Waals surface area contributed by atoms with Gasteiger partial charge in [-0.2, -0.15) is 0 Å². The van der Waals surface area contributed by atoms with E-state index >= 15 is 0 Å². The average Bonchev–Trinajstić information content (AvgIpc) is 3.46. The maximum atomic E-state index is 2.49. The summed E-state index contributed by atoms with van der Waals surface area (Å²) in [6.45, 7) is 11.3. The monoisotopic (exact) mass is 477 g/mol. The van der Waals surface area contributed by atoms with Gasteiger partial charge in [0.05, 0.1) is 16.7 Å². The number of hydrogen-bond acceptors (Lipinski definition) is 0. The molecule has 0 N–H and O–H groups in total. The van der Waals surface area contributed by atoms with Crippen LogP contribution < -0.4 is 0 Å². The Kier molecular flexibility index (Phi) is 4.75. The fraction of sp³-hybridized carbons (Fsp3) is 0.167. The van der Waals surface area contributed by atoms with Crippen molar-refractivity contribution < 1.29 is 0 Å². The van der Waals surface area contributed by atoms with Gasteiger partial charge in [-0.25, -0.2) is 0 Å². The number of para-hydroxylation sites is 1. The van der Waals surface area contributed by atoms with Crippen molar-refractivity contribution in [3.8, 4) is 27.9 Å². The molecule has 6 aromatic rings. The minimum Gasteiger partial charge on any atom is -0.309 e. The van der Waals surface area contributed by atoms with E-state index in [9.17, 15) is 0 Å². The summed E-state index contributed by atoms with van der Waals surface area (Å²) in [5, 5.41) is 2.62. The van der Waals surface area contributed by atoms with Crippen molar-refractivity contribution in [2.45, 2.75) is 41.0 Å². The third kappa shape index (κ3) is 3.04. The summed E-state index contributed by atoms with van der Waals surface area (Å²) >= 11 is 0. The van der Waals surface area contributed by atoms with Gasteiger partial charge >= 0.3 is 0 Å². The van der Waals surface area contributed by atoms with Crippen LogP contribution in [-0.4, -0.2) is 4.57 Å². The van der Waals surface area contributed by atoms with Crippen molar-refractivity contribution in [3.05, 3.63) is 124 Å². The maximum absolute atomic E-state index is 2.49. The highest BCUT2D eigenvalue weighted by molar-refractivity contribution is 6.11. The fourth-order valence-corrected chi connectivity index (χ4v) is 6.68. The lowest BCUT2D eigenvalue weighted by Gasteiger charge is -2.19. The van der Waals surface area contributed by atoms with Crippen molar-refractivity contribution >= 4 is 21.8 Å². The van der Waals surface area contributed by atoms with Crippen LogP contribution in [0.2, 0.25) is 0 Å². The van der Waals surface area contributed by atoms with E-state index in [0.29, 0.717) is 0 Å². The maximum Gasteiger partial charge on any atom is 0.0543 e. The van der Waals surface area contributed by atoms with E-state index < -0.39 is 0 Å². The Morgan fingerprint density at radius 2 is 1.16 bits per heavy atom. The topological polar surface area (TPSA) is 4.93 Å². The number of hydrogen-bond donors (Lipinski definition) is 0. The van der Waals surface area contributed by atoms with Crippen molar-refractivity contribution in [2.24, 2.45) is 0 Å². The second-order valence-electron chi connectivity index (χ2n) is 10.7. The second kappa shape index (κ2) is 7.95. The van der Waals surface area contributed by atoms with Gasteiger partial charge in [-0.1, -0.05) is 60.7 Å². The normalized spacial score (nSPS) is 12.4. The molecular formula is C36H31N. The molecule has 7 rings (SSSR count). The number of benzene rings is 5. The molecule has 180 valence electrons. The average molecular weight is 478 g/mol. The van der Waals surface area contributed by atoms with Crippen LogP contribution in [0.1, 0.15) is 38.9 Å². The number of fused-ring (bicyclic) bond motifs is 6. The predicted octanol–water partition coefficient (Wildman–Crippen LogP) is 9.56. The van der Waals surface area contributed by atoms with Crippen LogP contribution in [0.3, 0.4) is 0 Å². The first-order valence-electron chi connectivity index (χ1n) is 13.3. The summed E-state index contributed by atoms with van der Waals surface area (Å²) in [4.78, 5) is 0. The Morgan fingerprint density at radius 1 is 0.514 bits per heavy atom. The quantitative estimate of drug-likeness (QED) is 0.234. The summed E-state index contributed by atoms with van der Waals surface area (Å²) in [7, 11) is 0. The minimum absolute atomic E-state index is 1.01. The summed E-state index contributed by atoms with van der Waals surface area (Å²) < 4.78 is 2.49. The third-order valence-electron chi connectivity index (χ3n) is 9.00. The molecule has 1 heterocycles.